The maximum atomic E-state index is 12.8. The van der Waals surface area contributed by atoms with E-state index in [1.54, 1.807) is 7.11 Å². The van der Waals surface area contributed by atoms with Crippen LogP contribution in [0.1, 0.15) is 25.6 Å². The topological polar surface area (TPSA) is 90.5 Å². The fourth-order valence-corrected chi connectivity index (χ4v) is 2.70. The molecule has 0 atom stereocenters. The number of ether oxygens (including phenoxy) is 1. The highest BCUT2D eigenvalue weighted by Gasteiger charge is 2.18. The molecule has 0 aliphatic rings. The normalized spacial score (nSPS) is 11.5. The smallest absolute Gasteiger partial charge is 0.352 e. The molecular formula is C17H21N5O3. The van der Waals surface area contributed by atoms with Gasteiger partial charge in [0.25, 0.3) is 0 Å². The Kier molecular flexibility index (Phi) is 4.80. The van der Waals surface area contributed by atoms with E-state index in [-0.39, 0.29) is 24.1 Å². The van der Waals surface area contributed by atoms with Crippen molar-refractivity contribution in [3.63, 3.8) is 0 Å². The second kappa shape index (κ2) is 7.02. The molecular weight excluding hydrogens is 322 g/mol. The van der Waals surface area contributed by atoms with Crippen molar-refractivity contribution < 1.29 is 9.53 Å². The first-order valence-corrected chi connectivity index (χ1v) is 8.16. The Morgan fingerprint density at radius 3 is 2.80 bits per heavy atom. The Labute approximate surface area is 144 Å². The second-order valence-corrected chi connectivity index (χ2v) is 6.08. The molecule has 0 saturated carbocycles. The number of para-hydroxylation sites is 1. The molecule has 0 fully saturated rings. The Balaban J connectivity index is 2.09. The zero-order chi connectivity index (χ0) is 18.0. The van der Waals surface area contributed by atoms with E-state index in [9.17, 15) is 9.59 Å². The van der Waals surface area contributed by atoms with Crippen LogP contribution < -0.4 is 11.0 Å². The van der Waals surface area contributed by atoms with Gasteiger partial charge in [-0.3, -0.25) is 4.79 Å². The van der Waals surface area contributed by atoms with Gasteiger partial charge >= 0.3 is 5.69 Å². The lowest BCUT2D eigenvalue weighted by atomic mass is 10.2. The lowest BCUT2D eigenvalue weighted by Gasteiger charge is -2.08. The summed E-state index contributed by atoms with van der Waals surface area (Å²) in [5, 5.41) is 7.86. The summed E-state index contributed by atoms with van der Waals surface area (Å²) in [5.74, 6) is 0.383. The third-order valence-electron chi connectivity index (χ3n) is 3.89. The first-order valence-electron chi connectivity index (χ1n) is 8.16. The highest BCUT2D eigenvalue weighted by Crippen LogP contribution is 2.20. The lowest BCUT2D eigenvalue weighted by Crippen LogP contribution is -2.34. The molecule has 1 N–H and O–H groups in total. The van der Waals surface area contributed by atoms with E-state index in [2.05, 4.69) is 15.4 Å². The number of nitrogens with zero attached hydrogens (tertiary/aromatic N) is 4. The van der Waals surface area contributed by atoms with E-state index >= 15 is 0 Å². The van der Waals surface area contributed by atoms with Crippen molar-refractivity contribution in [2.75, 3.05) is 20.3 Å². The van der Waals surface area contributed by atoms with E-state index in [4.69, 9.17) is 4.74 Å². The maximum absolute atomic E-state index is 12.8. The number of fused-ring (bicyclic) bond motifs is 3. The number of nitrogens with one attached hydrogen (secondary N) is 1. The van der Waals surface area contributed by atoms with Crippen molar-refractivity contribution >= 4 is 22.5 Å². The van der Waals surface area contributed by atoms with E-state index < -0.39 is 0 Å². The molecule has 0 radical (unpaired) electrons. The average molecular weight is 343 g/mol. The van der Waals surface area contributed by atoms with Crippen molar-refractivity contribution in [2.24, 2.45) is 0 Å². The number of methoxy groups -OCH3 is 1. The van der Waals surface area contributed by atoms with Crippen LogP contribution in [-0.2, 0) is 16.1 Å². The number of amides is 1. The fourth-order valence-electron chi connectivity index (χ4n) is 2.70. The summed E-state index contributed by atoms with van der Waals surface area (Å²) in [4.78, 5) is 29.4. The van der Waals surface area contributed by atoms with E-state index in [0.717, 1.165) is 10.9 Å². The molecule has 2 heterocycles. The SMILES string of the molecule is COCCNC(=O)Cn1nc2c3ccccc3nc(C(C)C)n2c1=O. The van der Waals surface area contributed by atoms with Gasteiger partial charge in [-0.15, -0.1) is 5.10 Å². The first kappa shape index (κ1) is 17.1. The monoisotopic (exact) mass is 343 g/mol. The zero-order valence-electron chi connectivity index (χ0n) is 14.5. The summed E-state index contributed by atoms with van der Waals surface area (Å²) in [6.45, 7) is 4.60. The van der Waals surface area contributed by atoms with Crippen LogP contribution in [0.25, 0.3) is 16.6 Å². The Morgan fingerprint density at radius 1 is 1.32 bits per heavy atom. The molecule has 0 unspecified atom stereocenters. The molecule has 0 bridgehead atoms. The fraction of sp³-hybridized carbons (Fsp3) is 0.412. The van der Waals surface area contributed by atoms with Crippen molar-refractivity contribution in [3.8, 4) is 0 Å². The number of hydrogen-bond acceptors (Lipinski definition) is 5. The van der Waals surface area contributed by atoms with E-state index in [0.29, 0.717) is 24.6 Å². The van der Waals surface area contributed by atoms with Gasteiger partial charge < -0.3 is 10.1 Å². The quantitative estimate of drug-likeness (QED) is 0.673. The highest BCUT2D eigenvalue weighted by atomic mass is 16.5. The number of benzene rings is 1. The van der Waals surface area contributed by atoms with Gasteiger partial charge in [0.15, 0.2) is 5.65 Å². The molecule has 0 saturated heterocycles. The maximum Gasteiger partial charge on any atom is 0.352 e. The number of carbonyl (C=O) groups is 1. The standard InChI is InChI=1S/C17H21N5O3/c1-11(2)15-19-13-7-5-4-6-12(13)16-20-21(17(24)22(15)16)10-14(23)18-8-9-25-3/h4-7,11H,8-10H2,1-3H3,(H,18,23). The molecule has 3 aromatic rings. The number of rotatable bonds is 6. The van der Waals surface area contributed by atoms with Crippen LogP contribution in [0.3, 0.4) is 0 Å². The van der Waals surface area contributed by atoms with Gasteiger partial charge in [0.2, 0.25) is 5.91 Å². The largest absolute Gasteiger partial charge is 0.383 e. The molecule has 2 aromatic heterocycles. The van der Waals surface area contributed by atoms with Gasteiger partial charge in [0.1, 0.15) is 12.4 Å². The van der Waals surface area contributed by atoms with Crippen molar-refractivity contribution in [2.45, 2.75) is 26.3 Å². The summed E-state index contributed by atoms with van der Waals surface area (Å²) in [6.07, 6.45) is 0. The average Bonchev–Trinajstić information content (AvgIpc) is 2.91. The Hall–Kier alpha value is -2.74. The Bertz CT molecular complexity index is 973. The first-order chi connectivity index (χ1) is 12.0. The van der Waals surface area contributed by atoms with Gasteiger partial charge in [-0.25, -0.2) is 18.9 Å². The highest BCUT2D eigenvalue weighted by molar-refractivity contribution is 5.91. The summed E-state index contributed by atoms with van der Waals surface area (Å²) in [7, 11) is 1.56. The lowest BCUT2D eigenvalue weighted by molar-refractivity contribution is -0.122. The van der Waals surface area contributed by atoms with Gasteiger partial charge in [-0.05, 0) is 12.1 Å². The van der Waals surface area contributed by atoms with Crippen LogP contribution in [0.2, 0.25) is 0 Å². The van der Waals surface area contributed by atoms with Gasteiger partial charge in [0, 0.05) is 25.0 Å². The molecule has 25 heavy (non-hydrogen) atoms. The van der Waals surface area contributed by atoms with Crippen LogP contribution in [0.15, 0.2) is 29.1 Å². The number of aromatic nitrogens is 4. The van der Waals surface area contributed by atoms with Crippen LogP contribution in [-0.4, -0.2) is 45.3 Å². The number of hydrogen-bond donors (Lipinski definition) is 1. The molecule has 0 aliphatic heterocycles. The molecule has 1 amide bonds. The van der Waals surface area contributed by atoms with Crippen molar-refractivity contribution in [1.29, 1.82) is 0 Å². The van der Waals surface area contributed by atoms with Crippen LogP contribution in [0.4, 0.5) is 0 Å². The molecule has 132 valence electrons. The third-order valence-corrected chi connectivity index (χ3v) is 3.89. The molecule has 0 aliphatic carbocycles. The van der Waals surface area contributed by atoms with Crippen LogP contribution in [0.5, 0.6) is 0 Å². The minimum absolute atomic E-state index is 0.0398. The van der Waals surface area contributed by atoms with Crippen molar-refractivity contribution in [1.82, 2.24) is 24.5 Å². The van der Waals surface area contributed by atoms with Crippen LogP contribution >= 0.6 is 0 Å². The van der Waals surface area contributed by atoms with Gasteiger partial charge in [-0.1, -0.05) is 26.0 Å². The summed E-state index contributed by atoms with van der Waals surface area (Å²) in [5.41, 5.74) is 0.934. The minimum Gasteiger partial charge on any atom is -0.383 e. The number of carbonyl (C=O) groups excluding carboxylic acids is 1. The van der Waals surface area contributed by atoms with E-state index in [1.165, 1.54) is 9.08 Å². The van der Waals surface area contributed by atoms with Crippen molar-refractivity contribution in [3.05, 3.63) is 40.6 Å². The summed E-state index contributed by atoms with van der Waals surface area (Å²) >= 11 is 0. The third kappa shape index (κ3) is 3.25. The van der Waals surface area contributed by atoms with Crippen LogP contribution in [0, 0.1) is 0 Å². The molecule has 0 spiro atoms. The Morgan fingerprint density at radius 2 is 2.08 bits per heavy atom. The van der Waals surface area contributed by atoms with E-state index in [1.807, 2.05) is 38.1 Å². The molecule has 3 rings (SSSR count). The molecule has 8 nitrogen and oxygen atoms in total. The minimum atomic E-state index is -0.362. The second-order valence-electron chi connectivity index (χ2n) is 6.08. The predicted molar refractivity (Wildman–Crippen MR) is 93.7 cm³/mol. The summed E-state index contributed by atoms with van der Waals surface area (Å²) < 4.78 is 7.57. The predicted octanol–water partition coefficient (Wildman–Crippen LogP) is 0.930. The van der Waals surface area contributed by atoms with Gasteiger partial charge in [-0.2, -0.15) is 0 Å². The molecule has 1 aromatic carbocycles. The van der Waals surface area contributed by atoms with Gasteiger partial charge in [0.05, 0.1) is 12.1 Å². The zero-order valence-corrected chi connectivity index (χ0v) is 14.5. The summed E-state index contributed by atoms with van der Waals surface area (Å²) in [6, 6.07) is 7.54. The molecule has 8 heteroatoms.